The first-order valence-corrected chi connectivity index (χ1v) is 18.9. The zero-order valence-electron chi connectivity index (χ0n) is 27.6. The fraction of sp³-hybridized carbons (Fsp3) is 0.486. The molecule has 0 bridgehead atoms. The number of carbonyl (C=O) groups excluding carboxylic acids is 1. The Balaban J connectivity index is 0.962. The third-order valence-electron chi connectivity index (χ3n) is 11.1. The maximum atomic E-state index is 14.5. The van der Waals surface area contributed by atoms with E-state index in [1.54, 1.807) is 12.1 Å². The van der Waals surface area contributed by atoms with E-state index in [0.717, 1.165) is 67.5 Å². The second-order valence-corrected chi connectivity index (χ2v) is 16.7. The summed E-state index contributed by atoms with van der Waals surface area (Å²) in [6.07, 6.45) is 1.78. The van der Waals surface area contributed by atoms with Gasteiger partial charge in [0.05, 0.1) is 16.3 Å². The van der Waals surface area contributed by atoms with Crippen molar-refractivity contribution >= 4 is 32.5 Å². The van der Waals surface area contributed by atoms with Gasteiger partial charge in [-0.05, 0) is 106 Å². The molecular weight excluding hydrogens is 672 g/mol. The summed E-state index contributed by atoms with van der Waals surface area (Å²) in [6.45, 7) is 2.93. The molecule has 4 fully saturated rings. The van der Waals surface area contributed by atoms with Gasteiger partial charge in [0.15, 0.2) is 0 Å². The lowest BCUT2D eigenvalue weighted by atomic mass is 9.56. The zero-order chi connectivity index (χ0) is 35.0. The third-order valence-corrected chi connectivity index (χ3v) is 12.9. The van der Waals surface area contributed by atoms with Crippen molar-refractivity contribution in [3.8, 4) is 11.3 Å². The van der Waals surface area contributed by atoms with Crippen LogP contribution in [0.15, 0.2) is 53.1 Å². The minimum atomic E-state index is -4.78. The number of benzene rings is 2. The van der Waals surface area contributed by atoms with E-state index >= 15 is 0 Å². The summed E-state index contributed by atoms with van der Waals surface area (Å²) in [5, 5.41) is 3.62. The average molecular weight is 711 g/mol. The molecule has 0 radical (unpaired) electrons. The number of carbonyl (C=O) groups is 1. The van der Waals surface area contributed by atoms with Crippen LogP contribution in [-0.2, 0) is 22.6 Å². The SMILES string of the molecule is CC(F)c1ccccc1-c1noc(C2CC2)c1CC1CC2(CCN(c3ccc4nc(C(=O)NS(=O)(=O)C5CC5)cc(C(F)(F)F)c4c3)CC2)C1. The normalized spacial score (nSPS) is 20.2. The van der Waals surface area contributed by atoms with Crippen LogP contribution in [-0.4, -0.2) is 42.8 Å². The van der Waals surface area contributed by atoms with Gasteiger partial charge in [0.2, 0.25) is 10.0 Å². The second-order valence-electron chi connectivity index (χ2n) is 14.7. The van der Waals surface area contributed by atoms with E-state index in [-0.39, 0.29) is 16.3 Å². The molecule has 4 aliphatic rings. The molecule has 8 nitrogen and oxygen atoms in total. The number of alkyl halides is 4. The van der Waals surface area contributed by atoms with Crippen LogP contribution in [0, 0.1) is 11.3 Å². The summed E-state index contributed by atoms with van der Waals surface area (Å²) in [5.41, 5.74) is 2.41. The van der Waals surface area contributed by atoms with E-state index in [1.807, 2.05) is 22.9 Å². The molecule has 4 aromatic rings. The lowest BCUT2D eigenvalue weighted by Crippen LogP contribution is -2.47. The highest BCUT2D eigenvalue weighted by Crippen LogP contribution is 2.55. The summed E-state index contributed by atoms with van der Waals surface area (Å²) in [7, 11) is -3.95. The Bertz CT molecular complexity index is 2070. The number of nitrogens with zero attached hydrogens (tertiary/aromatic N) is 3. The van der Waals surface area contributed by atoms with E-state index in [2.05, 4.69) is 15.0 Å². The fourth-order valence-electron chi connectivity index (χ4n) is 8.11. The van der Waals surface area contributed by atoms with Crippen LogP contribution in [0.3, 0.4) is 0 Å². The number of halogens is 4. The number of pyridine rings is 1. The number of anilines is 1. The van der Waals surface area contributed by atoms with Crippen molar-refractivity contribution in [3.05, 3.63) is 76.7 Å². The molecular formula is C37H38F4N4O4S. The van der Waals surface area contributed by atoms with Gasteiger partial charge in [-0.3, -0.25) is 4.79 Å². The molecule has 3 heterocycles. The molecule has 1 N–H and O–H groups in total. The van der Waals surface area contributed by atoms with Crippen LogP contribution < -0.4 is 9.62 Å². The Hall–Kier alpha value is -4.00. The summed E-state index contributed by atoms with van der Waals surface area (Å²) >= 11 is 0. The molecule has 2 aromatic heterocycles. The molecule has 1 atom stereocenters. The van der Waals surface area contributed by atoms with E-state index in [1.165, 1.54) is 19.1 Å². The van der Waals surface area contributed by atoms with E-state index < -0.39 is 44.8 Å². The molecule has 1 spiro atoms. The van der Waals surface area contributed by atoms with Crippen molar-refractivity contribution < 1.29 is 35.3 Å². The molecule has 2 aromatic carbocycles. The molecule has 1 unspecified atom stereocenters. The standard InChI is InChI=1S/C37H38F4N4O4S/c1-21(38)26-4-2-3-5-27(26)33-29(34(49-43-33)23-6-7-23)16-22-19-36(20-22)12-14-45(15-13-36)24-8-11-31-28(17-24)30(37(39,40)41)18-32(42-31)35(46)44-50(47,48)25-9-10-25/h2-5,8,11,17-18,21-23,25H,6-7,9-10,12-16,19-20H2,1H3,(H,44,46). The highest BCUT2D eigenvalue weighted by atomic mass is 32.2. The Morgan fingerprint density at radius 3 is 2.44 bits per heavy atom. The number of fused-ring (bicyclic) bond motifs is 1. The Kier molecular flexibility index (Phi) is 8.00. The Morgan fingerprint density at radius 1 is 1.06 bits per heavy atom. The fourth-order valence-corrected chi connectivity index (χ4v) is 9.39. The first-order chi connectivity index (χ1) is 23.8. The number of piperidine rings is 1. The van der Waals surface area contributed by atoms with Crippen LogP contribution >= 0.6 is 0 Å². The van der Waals surface area contributed by atoms with E-state index in [9.17, 15) is 30.8 Å². The molecule has 3 aliphatic carbocycles. The van der Waals surface area contributed by atoms with E-state index in [4.69, 9.17) is 4.52 Å². The number of hydrogen-bond acceptors (Lipinski definition) is 7. The van der Waals surface area contributed by atoms with E-state index in [0.29, 0.717) is 55.1 Å². The topological polar surface area (TPSA) is 105 Å². The monoisotopic (exact) mass is 710 g/mol. The second kappa shape index (κ2) is 12.1. The minimum Gasteiger partial charge on any atom is -0.371 e. The predicted octanol–water partition coefficient (Wildman–Crippen LogP) is 8.28. The number of sulfonamides is 1. The largest absolute Gasteiger partial charge is 0.417 e. The van der Waals surface area contributed by atoms with Gasteiger partial charge in [0.1, 0.15) is 23.3 Å². The molecule has 264 valence electrons. The van der Waals surface area contributed by atoms with Gasteiger partial charge >= 0.3 is 6.18 Å². The number of hydrogen-bond donors (Lipinski definition) is 1. The predicted molar refractivity (Wildman–Crippen MR) is 180 cm³/mol. The van der Waals surface area contributed by atoms with Crippen molar-refractivity contribution in [3.63, 3.8) is 0 Å². The summed E-state index contributed by atoms with van der Waals surface area (Å²) < 4.78 is 89.6. The average Bonchev–Trinajstić information content (AvgIpc) is 4.01. The molecule has 1 aliphatic heterocycles. The Labute approximate surface area is 287 Å². The maximum Gasteiger partial charge on any atom is 0.417 e. The first kappa shape index (κ1) is 33.2. The van der Waals surface area contributed by atoms with Gasteiger partial charge in [0.25, 0.3) is 5.91 Å². The van der Waals surface area contributed by atoms with Gasteiger partial charge in [-0.25, -0.2) is 22.5 Å². The molecule has 13 heteroatoms. The number of rotatable bonds is 9. The lowest BCUT2D eigenvalue weighted by Gasteiger charge is -2.53. The first-order valence-electron chi connectivity index (χ1n) is 17.3. The van der Waals surface area contributed by atoms with Crippen LogP contribution in [0.4, 0.5) is 23.2 Å². The minimum absolute atomic E-state index is 0.0323. The zero-order valence-corrected chi connectivity index (χ0v) is 28.4. The highest BCUT2D eigenvalue weighted by Gasteiger charge is 2.47. The lowest BCUT2D eigenvalue weighted by molar-refractivity contribution is -0.136. The summed E-state index contributed by atoms with van der Waals surface area (Å²) in [5.74, 6) is 0.591. The molecule has 1 amide bonds. The Morgan fingerprint density at radius 2 is 1.78 bits per heavy atom. The van der Waals surface area contributed by atoms with Crippen LogP contribution in [0.1, 0.15) is 103 Å². The van der Waals surface area contributed by atoms with Crippen molar-refractivity contribution in [2.75, 3.05) is 18.0 Å². The van der Waals surface area contributed by atoms with Gasteiger partial charge in [0, 0.05) is 41.2 Å². The molecule has 1 saturated heterocycles. The quantitative estimate of drug-likeness (QED) is 0.174. The van der Waals surface area contributed by atoms with Gasteiger partial charge in [-0.1, -0.05) is 29.4 Å². The maximum absolute atomic E-state index is 14.5. The van der Waals surface area contributed by atoms with Gasteiger partial charge in [-0.15, -0.1) is 0 Å². The van der Waals surface area contributed by atoms with Crippen molar-refractivity contribution in [1.29, 1.82) is 0 Å². The molecule has 3 saturated carbocycles. The van der Waals surface area contributed by atoms with Crippen molar-refractivity contribution in [1.82, 2.24) is 14.9 Å². The number of amides is 1. The van der Waals surface area contributed by atoms with Gasteiger partial charge in [-0.2, -0.15) is 13.2 Å². The highest BCUT2D eigenvalue weighted by molar-refractivity contribution is 7.91. The summed E-state index contributed by atoms with van der Waals surface area (Å²) in [6, 6.07) is 12.7. The third kappa shape index (κ3) is 6.26. The van der Waals surface area contributed by atoms with Crippen LogP contribution in [0.5, 0.6) is 0 Å². The molecule has 50 heavy (non-hydrogen) atoms. The number of aromatic nitrogens is 2. The van der Waals surface area contributed by atoms with Crippen LogP contribution in [0.25, 0.3) is 22.2 Å². The number of nitrogens with one attached hydrogen (secondary N) is 1. The van der Waals surface area contributed by atoms with Crippen molar-refractivity contribution in [2.24, 2.45) is 11.3 Å². The molecule has 8 rings (SSSR count). The van der Waals surface area contributed by atoms with Gasteiger partial charge < -0.3 is 9.42 Å². The van der Waals surface area contributed by atoms with Crippen molar-refractivity contribution in [2.45, 2.75) is 88.2 Å². The smallest absolute Gasteiger partial charge is 0.371 e. The van der Waals surface area contributed by atoms with Crippen LogP contribution in [0.2, 0.25) is 0 Å². The summed E-state index contributed by atoms with van der Waals surface area (Å²) in [4.78, 5) is 18.9.